The minimum atomic E-state index is 0.612. The molecule has 0 bridgehead atoms. The molecule has 18 heavy (non-hydrogen) atoms. The van der Waals surface area contributed by atoms with Gasteiger partial charge in [-0.05, 0) is 54.0 Å². The van der Waals surface area contributed by atoms with Crippen LogP contribution in [-0.2, 0) is 0 Å². The number of hydrogen-bond acceptors (Lipinski definition) is 3. The molecule has 4 heteroatoms. The molecule has 1 unspecified atom stereocenters. The molecule has 100 valence electrons. The maximum absolute atomic E-state index is 3.60. The number of nitrogens with one attached hydrogen (secondary N) is 2. The van der Waals surface area contributed by atoms with Gasteiger partial charge in [0, 0.05) is 42.4 Å². The van der Waals surface area contributed by atoms with Gasteiger partial charge < -0.3 is 15.5 Å². The molecule has 2 rings (SSSR count). The summed E-state index contributed by atoms with van der Waals surface area (Å²) in [5, 5.41) is 7.06. The van der Waals surface area contributed by atoms with Crippen LogP contribution in [0.15, 0.2) is 22.7 Å². The number of rotatable bonds is 4. The Labute approximate surface area is 118 Å². The highest BCUT2D eigenvalue weighted by molar-refractivity contribution is 9.10. The van der Waals surface area contributed by atoms with Gasteiger partial charge in [-0.15, -0.1) is 0 Å². The van der Waals surface area contributed by atoms with Crippen molar-refractivity contribution in [2.75, 3.05) is 38.5 Å². The van der Waals surface area contributed by atoms with E-state index < -0.39 is 0 Å². The summed E-state index contributed by atoms with van der Waals surface area (Å²) in [6.07, 6.45) is 1.16. The number of benzene rings is 1. The minimum Gasteiger partial charge on any atom is -0.384 e. The zero-order chi connectivity index (χ0) is 13.0. The van der Waals surface area contributed by atoms with Crippen LogP contribution in [0.5, 0.6) is 0 Å². The van der Waals surface area contributed by atoms with Crippen molar-refractivity contribution in [1.82, 2.24) is 10.2 Å². The average Bonchev–Trinajstić information content (AvgIpc) is 2.32. The number of nitrogens with zero attached hydrogens (tertiary/aromatic N) is 1. The summed E-state index contributed by atoms with van der Waals surface area (Å²) in [4.78, 5) is 2.39. The van der Waals surface area contributed by atoms with Crippen molar-refractivity contribution in [3.05, 3.63) is 28.2 Å². The molecule has 1 aromatic carbocycles. The van der Waals surface area contributed by atoms with E-state index in [4.69, 9.17) is 0 Å². The average molecular weight is 312 g/mol. The SMILES string of the molecule is Cc1ccc(NCCC2CN(C)CCN2)c(Br)c1. The van der Waals surface area contributed by atoms with Gasteiger partial charge >= 0.3 is 0 Å². The van der Waals surface area contributed by atoms with Gasteiger partial charge in [0.05, 0.1) is 0 Å². The van der Waals surface area contributed by atoms with Crippen molar-refractivity contribution < 1.29 is 0 Å². The number of halogens is 1. The molecule has 0 radical (unpaired) electrons. The monoisotopic (exact) mass is 311 g/mol. The zero-order valence-electron chi connectivity index (χ0n) is 11.2. The molecule has 1 fully saturated rings. The normalized spacial score (nSPS) is 20.9. The van der Waals surface area contributed by atoms with E-state index in [1.54, 1.807) is 0 Å². The van der Waals surface area contributed by atoms with Crippen molar-refractivity contribution in [1.29, 1.82) is 0 Å². The highest BCUT2D eigenvalue weighted by Crippen LogP contribution is 2.23. The summed E-state index contributed by atoms with van der Waals surface area (Å²) in [7, 11) is 2.19. The van der Waals surface area contributed by atoms with Crippen LogP contribution in [0.25, 0.3) is 0 Å². The molecule has 0 aliphatic carbocycles. The van der Waals surface area contributed by atoms with E-state index in [0.717, 1.165) is 37.1 Å². The first-order chi connectivity index (χ1) is 8.65. The molecular weight excluding hydrogens is 290 g/mol. The summed E-state index contributed by atoms with van der Waals surface area (Å²) in [6, 6.07) is 7.04. The van der Waals surface area contributed by atoms with Crippen molar-refractivity contribution in [3.8, 4) is 0 Å². The van der Waals surface area contributed by atoms with Gasteiger partial charge in [0.2, 0.25) is 0 Å². The summed E-state index contributed by atoms with van der Waals surface area (Å²) < 4.78 is 1.15. The summed E-state index contributed by atoms with van der Waals surface area (Å²) in [5.74, 6) is 0. The van der Waals surface area contributed by atoms with Crippen molar-refractivity contribution in [2.24, 2.45) is 0 Å². The lowest BCUT2D eigenvalue weighted by Crippen LogP contribution is -2.49. The highest BCUT2D eigenvalue weighted by atomic mass is 79.9. The summed E-state index contributed by atoms with van der Waals surface area (Å²) in [5.41, 5.74) is 2.47. The summed E-state index contributed by atoms with van der Waals surface area (Å²) in [6.45, 7) is 6.53. The van der Waals surface area contributed by atoms with Gasteiger partial charge in [-0.25, -0.2) is 0 Å². The Morgan fingerprint density at radius 3 is 3.06 bits per heavy atom. The summed E-state index contributed by atoms with van der Waals surface area (Å²) >= 11 is 3.60. The third-order valence-electron chi connectivity index (χ3n) is 3.39. The predicted molar refractivity (Wildman–Crippen MR) is 81.3 cm³/mol. The molecule has 1 atom stereocenters. The number of likely N-dealkylation sites (N-methyl/N-ethyl adjacent to an activating group) is 1. The molecule has 1 heterocycles. The van der Waals surface area contributed by atoms with Crippen LogP contribution in [0, 0.1) is 6.92 Å². The molecule has 0 amide bonds. The van der Waals surface area contributed by atoms with Crippen molar-refractivity contribution >= 4 is 21.6 Å². The topological polar surface area (TPSA) is 27.3 Å². The second-order valence-corrected chi connectivity index (χ2v) is 5.97. The quantitative estimate of drug-likeness (QED) is 0.894. The number of aryl methyl sites for hydroxylation is 1. The molecule has 0 spiro atoms. The Hall–Kier alpha value is -0.580. The molecule has 0 aromatic heterocycles. The van der Waals surface area contributed by atoms with Gasteiger partial charge in [-0.1, -0.05) is 6.07 Å². The Balaban J connectivity index is 1.77. The number of hydrogen-bond donors (Lipinski definition) is 2. The first kappa shape index (κ1) is 13.8. The van der Waals surface area contributed by atoms with E-state index in [9.17, 15) is 0 Å². The largest absolute Gasteiger partial charge is 0.384 e. The standard InChI is InChI=1S/C14H22BrN3/c1-11-3-4-14(13(15)9-11)17-6-5-12-10-18(2)8-7-16-12/h3-4,9,12,16-17H,5-8,10H2,1-2H3. The van der Waals surface area contributed by atoms with Crippen LogP contribution < -0.4 is 10.6 Å². The van der Waals surface area contributed by atoms with Crippen molar-refractivity contribution in [3.63, 3.8) is 0 Å². The van der Waals surface area contributed by atoms with Gasteiger partial charge in [-0.3, -0.25) is 0 Å². The number of anilines is 1. The molecule has 2 N–H and O–H groups in total. The Morgan fingerprint density at radius 1 is 1.50 bits per heavy atom. The van der Waals surface area contributed by atoms with Crippen LogP contribution in [0.3, 0.4) is 0 Å². The predicted octanol–water partition coefficient (Wildman–Crippen LogP) is 2.46. The lowest BCUT2D eigenvalue weighted by atomic mass is 10.1. The van der Waals surface area contributed by atoms with E-state index in [2.05, 4.69) is 63.6 Å². The Bertz CT molecular complexity index is 395. The molecule has 0 saturated carbocycles. The van der Waals surface area contributed by atoms with Crippen LogP contribution in [0.1, 0.15) is 12.0 Å². The number of piperazine rings is 1. The highest BCUT2D eigenvalue weighted by Gasteiger charge is 2.15. The lowest BCUT2D eigenvalue weighted by Gasteiger charge is -2.31. The molecular formula is C14H22BrN3. The first-order valence-corrected chi connectivity index (χ1v) is 7.36. The lowest BCUT2D eigenvalue weighted by molar-refractivity contribution is 0.234. The Morgan fingerprint density at radius 2 is 2.33 bits per heavy atom. The second kappa shape index (κ2) is 6.55. The third-order valence-corrected chi connectivity index (χ3v) is 4.05. The Kier molecular flexibility index (Phi) is 5.03. The fraction of sp³-hybridized carbons (Fsp3) is 0.571. The van der Waals surface area contributed by atoms with Crippen LogP contribution in [-0.4, -0.2) is 44.2 Å². The molecule has 1 aromatic rings. The van der Waals surface area contributed by atoms with Gasteiger partial charge in [0.1, 0.15) is 0 Å². The van der Waals surface area contributed by atoms with E-state index in [1.807, 2.05) is 0 Å². The van der Waals surface area contributed by atoms with Gasteiger partial charge in [0.25, 0.3) is 0 Å². The van der Waals surface area contributed by atoms with E-state index in [1.165, 1.54) is 11.3 Å². The van der Waals surface area contributed by atoms with Crippen molar-refractivity contribution in [2.45, 2.75) is 19.4 Å². The van der Waals surface area contributed by atoms with E-state index >= 15 is 0 Å². The van der Waals surface area contributed by atoms with Crippen LogP contribution >= 0.6 is 15.9 Å². The third kappa shape index (κ3) is 3.97. The zero-order valence-corrected chi connectivity index (χ0v) is 12.8. The smallest absolute Gasteiger partial charge is 0.0484 e. The van der Waals surface area contributed by atoms with Crippen LogP contribution in [0.2, 0.25) is 0 Å². The van der Waals surface area contributed by atoms with Gasteiger partial charge in [0.15, 0.2) is 0 Å². The molecule has 3 nitrogen and oxygen atoms in total. The molecule has 1 aliphatic rings. The van der Waals surface area contributed by atoms with E-state index in [0.29, 0.717) is 6.04 Å². The first-order valence-electron chi connectivity index (χ1n) is 6.57. The maximum Gasteiger partial charge on any atom is 0.0484 e. The van der Waals surface area contributed by atoms with Crippen LogP contribution in [0.4, 0.5) is 5.69 Å². The van der Waals surface area contributed by atoms with Gasteiger partial charge in [-0.2, -0.15) is 0 Å². The second-order valence-electron chi connectivity index (χ2n) is 5.11. The fourth-order valence-electron chi connectivity index (χ4n) is 2.33. The minimum absolute atomic E-state index is 0.612. The van der Waals surface area contributed by atoms with E-state index in [-0.39, 0.29) is 0 Å². The maximum atomic E-state index is 3.60. The molecule has 1 saturated heterocycles. The molecule has 1 aliphatic heterocycles. The fourth-order valence-corrected chi connectivity index (χ4v) is 2.96.